The number of hydrogen-bond acceptors (Lipinski definition) is 5. The topological polar surface area (TPSA) is 54.0 Å². The Kier molecular flexibility index (Phi) is 10.3. The Morgan fingerprint density at radius 1 is 0.743 bits per heavy atom. The van der Waals surface area contributed by atoms with E-state index in [1.54, 1.807) is 14.2 Å². The van der Waals surface area contributed by atoms with Gasteiger partial charge in [-0.2, -0.15) is 0 Å². The maximum atomic E-state index is 13.5. The standard InChI is InChI=1S/C30H38O5/c1-5-7-16-34-28-20-26(32-3)14-12-22(28)18-24-10-9-11-25(30(24)31)19-23-13-15-27(33-4)21-29(23)35-17-8-6-2/h12-15,18-21H,5-11,16-17H2,1-4H3/b24-18+,25-19+. The third-order valence-corrected chi connectivity index (χ3v) is 6.09. The Hall–Kier alpha value is -3.21. The van der Waals surface area contributed by atoms with Gasteiger partial charge in [0.05, 0.1) is 27.4 Å². The van der Waals surface area contributed by atoms with E-state index < -0.39 is 0 Å². The molecule has 188 valence electrons. The molecule has 2 aromatic carbocycles. The molecule has 1 aliphatic carbocycles. The summed E-state index contributed by atoms with van der Waals surface area (Å²) in [5.74, 6) is 3.06. The van der Waals surface area contributed by atoms with Gasteiger partial charge in [0.1, 0.15) is 23.0 Å². The number of ketones is 1. The summed E-state index contributed by atoms with van der Waals surface area (Å²) in [6.45, 7) is 5.54. The van der Waals surface area contributed by atoms with Crippen molar-refractivity contribution in [2.45, 2.75) is 58.8 Å². The highest BCUT2D eigenvalue weighted by molar-refractivity contribution is 6.14. The molecule has 0 bridgehead atoms. The molecule has 0 saturated heterocycles. The minimum atomic E-state index is 0.0851. The molecular formula is C30H38O5. The van der Waals surface area contributed by atoms with Gasteiger partial charge >= 0.3 is 0 Å². The summed E-state index contributed by atoms with van der Waals surface area (Å²) in [4.78, 5) is 13.5. The van der Waals surface area contributed by atoms with Gasteiger partial charge in [-0.15, -0.1) is 0 Å². The number of ether oxygens (including phenoxy) is 4. The molecule has 0 aromatic heterocycles. The summed E-state index contributed by atoms with van der Waals surface area (Å²) in [7, 11) is 3.29. The van der Waals surface area contributed by atoms with Gasteiger partial charge in [0.15, 0.2) is 5.78 Å². The molecule has 5 heteroatoms. The fourth-order valence-corrected chi connectivity index (χ4v) is 3.98. The first-order valence-corrected chi connectivity index (χ1v) is 12.7. The number of methoxy groups -OCH3 is 2. The van der Waals surface area contributed by atoms with E-state index in [1.165, 1.54) is 0 Å². The highest BCUT2D eigenvalue weighted by Gasteiger charge is 2.22. The van der Waals surface area contributed by atoms with E-state index in [-0.39, 0.29) is 5.78 Å². The normalized spacial score (nSPS) is 15.9. The van der Waals surface area contributed by atoms with Crippen molar-refractivity contribution in [1.82, 2.24) is 0 Å². The smallest absolute Gasteiger partial charge is 0.185 e. The molecule has 1 saturated carbocycles. The Morgan fingerprint density at radius 3 is 1.60 bits per heavy atom. The number of Topliss-reactive ketones (excluding diaryl/α,β-unsaturated/α-hetero) is 1. The van der Waals surface area contributed by atoms with Crippen molar-refractivity contribution in [2.75, 3.05) is 27.4 Å². The average Bonchev–Trinajstić information content (AvgIpc) is 2.88. The molecule has 0 aliphatic heterocycles. The molecule has 0 amide bonds. The molecule has 0 unspecified atom stereocenters. The van der Waals surface area contributed by atoms with Crippen LogP contribution in [0.25, 0.3) is 12.2 Å². The predicted molar refractivity (Wildman–Crippen MR) is 142 cm³/mol. The van der Waals surface area contributed by atoms with E-state index in [0.717, 1.165) is 90.2 Å². The molecule has 0 heterocycles. The van der Waals surface area contributed by atoms with Crippen LogP contribution in [0.5, 0.6) is 23.0 Å². The van der Waals surface area contributed by atoms with Crippen LogP contribution in [-0.2, 0) is 4.79 Å². The lowest BCUT2D eigenvalue weighted by Gasteiger charge is -2.18. The molecule has 0 radical (unpaired) electrons. The van der Waals surface area contributed by atoms with Crippen LogP contribution < -0.4 is 18.9 Å². The Bertz CT molecular complexity index is 969. The third-order valence-electron chi connectivity index (χ3n) is 6.09. The van der Waals surface area contributed by atoms with Gasteiger partial charge < -0.3 is 18.9 Å². The molecule has 2 aromatic rings. The summed E-state index contributed by atoms with van der Waals surface area (Å²) in [5.41, 5.74) is 3.41. The first kappa shape index (κ1) is 26.4. The van der Waals surface area contributed by atoms with Crippen molar-refractivity contribution < 1.29 is 23.7 Å². The van der Waals surface area contributed by atoms with Crippen LogP contribution >= 0.6 is 0 Å². The van der Waals surface area contributed by atoms with Crippen LogP contribution in [0.1, 0.15) is 69.9 Å². The van der Waals surface area contributed by atoms with E-state index in [9.17, 15) is 4.79 Å². The van der Waals surface area contributed by atoms with Crippen molar-refractivity contribution >= 4 is 17.9 Å². The number of rotatable bonds is 12. The molecule has 0 atom stereocenters. The van der Waals surface area contributed by atoms with Gasteiger partial charge in [-0.25, -0.2) is 0 Å². The molecule has 0 spiro atoms. The quantitative estimate of drug-likeness (QED) is 0.237. The van der Waals surface area contributed by atoms with Crippen LogP contribution in [0.2, 0.25) is 0 Å². The van der Waals surface area contributed by atoms with Crippen LogP contribution in [0, 0.1) is 0 Å². The van der Waals surface area contributed by atoms with Gasteiger partial charge in [-0.05, 0) is 68.5 Å². The Balaban J connectivity index is 1.89. The Labute approximate surface area is 209 Å². The maximum absolute atomic E-state index is 13.5. The maximum Gasteiger partial charge on any atom is 0.185 e. The summed E-state index contributed by atoms with van der Waals surface area (Å²) in [6.07, 6.45) is 10.4. The highest BCUT2D eigenvalue weighted by atomic mass is 16.5. The Morgan fingerprint density at radius 2 is 1.20 bits per heavy atom. The summed E-state index contributed by atoms with van der Waals surface area (Å²) in [6, 6.07) is 11.5. The second-order valence-electron chi connectivity index (χ2n) is 8.73. The van der Waals surface area contributed by atoms with Crippen LogP contribution in [0.3, 0.4) is 0 Å². The number of benzene rings is 2. The van der Waals surface area contributed by atoms with E-state index in [4.69, 9.17) is 18.9 Å². The lowest BCUT2D eigenvalue weighted by Crippen LogP contribution is -2.12. The molecule has 35 heavy (non-hydrogen) atoms. The van der Waals surface area contributed by atoms with E-state index in [2.05, 4.69) is 13.8 Å². The van der Waals surface area contributed by atoms with Gasteiger partial charge in [0, 0.05) is 34.4 Å². The zero-order valence-electron chi connectivity index (χ0n) is 21.5. The highest BCUT2D eigenvalue weighted by Crippen LogP contribution is 2.34. The SMILES string of the molecule is CCCCOc1cc(OC)ccc1/C=C1\CCC/C(=C\c2ccc(OC)cc2OCCCC)C1=O. The summed E-state index contributed by atoms with van der Waals surface area (Å²) < 4.78 is 22.8. The van der Waals surface area contributed by atoms with Crippen molar-refractivity contribution in [3.8, 4) is 23.0 Å². The monoisotopic (exact) mass is 478 g/mol. The van der Waals surface area contributed by atoms with Crippen LogP contribution in [-0.4, -0.2) is 33.2 Å². The van der Waals surface area contributed by atoms with Crippen LogP contribution in [0.4, 0.5) is 0 Å². The zero-order valence-corrected chi connectivity index (χ0v) is 21.5. The van der Waals surface area contributed by atoms with Crippen molar-refractivity contribution in [1.29, 1.82) is 0 Å². The van der Waals surface area contributed by atoms with Gasteiger partial charge in [0.25, 0.3) is 0 Å². The first-order chi connectivity index (χ1) is 17.1. The second kappa shape index (κ2) is 13.6. The zero-order chi connectivity index (χ0) is 25.0. The van der Waals surface area contributed by atoms with E-state index >= 15 is 0 Å². The van der Waals surface area contributed by atoms with Gasteiger partial charge in [-0.1, -0.05) is 26.7 Å². The largest absolute Gasteiger partial charge is 0.497 e. The number of carbonyl (C=O) groups is 1. The third kappa shape index (κ3) is 7.38. The molecule has 1 fully saturated rings. The molecule has 5 nitrogen and oxygen atoms in total. The van der Waals surface area contributed by atoms with Gasteiger partial charge in [-0.3, -0.25) is 4.79 Å². The fraction of sp³-hybridized carbons (Fsp3) is 0.433. The number of carbonyl (C=O) groups excluding carboxylic acids is 1. The lowest BCUT2D eigenvalue weighted by molar-refractivity contribution is -0.112. The number of unbranched alkanes of at least 4 members (excludes halogenated alkanes) is 2. The minimum Gasteiger partial charge on any atom is -0.497 e. The molecule has 1 aliphatic rings. The molecular weight excluding hydrogens is 440 g/mol. The average molecular weight is 479 g/mol. The summed E-state index contributed by atoms with van der Waals surface area (Å²) in [5, 5.41) is 0. The number of allylic oxidation sites excluding steroid dienone is 2. The van der Waals surface area contributed by atoms with E-state index in [0.29, 0.717) is 13.2 Å². The van der Waals surface area contributed by atoms with Gasteiger partial charge in [0.2, 0.25) is 0 Å². The van der Waals surface area contributed by atoms with Crippen molar-refractivity contribution in [3.05, 3.63) is 58.7 Å². The van der Waals surface area contributed by atoms with Crippen molar-refractivity contribution in [3.63, 3.8) is 0 Å². The predicted octanol–water partition coefficient (Wildman–Crippen LogP) is 7.28. The van der Waals surface area contributed by atoms with Crippen LogP contribution in [0.15, 0.2) is 47.5 Å². The first-order valence-electron chi connectivity index (χ1n) is 12.7. The molecule has 3 rings (SSSR count). The lowest BCUT2D eigenvalue weighted by atomic mass is 9.86. The minimum absolute atomic E-state index is 0.0851. The second-order valence-corrected chi connectivity index (χ2v) is 8.73. The van der Waals surface area contributed by atoms with E-state index in [1.807, 2.05) is 48.6 Å². The number of hydrogen-bond donors (Lipinski definition) is 0. The fourth-order valence-electron chi connectivity index (χ4n) is 3.98. The molecule has 0 N–H and O–H groups in total. The summed E-state index contributed by atoms with van der Waals surface area (Å²) >= 11 is 0. The van der Waals surface area contributed by atoms with Crippen molar-refractivity contribution in [2.24, 2.45) is 0 Å².